The van der Waals surface area contributed by atoms with E-state index in [-0.39, 0.29) is 11.6 Å². The van der Waals surface area contributed by atoms with E-state index in [9.17, 15) is 9.59 Å². The van der Waals surface area contributed by atoms with Crippen molar-refractivity contribution in [1.29, 1.82) is 0 Å². The van der Waals surface area contributed by atoms with Crippen LogP contribution in [0.1, 0.15) is 20.7 Å². The Bertz CT molecular complexity index is 1120. The molecule has 2 N–H and O–H groups in total. The molecule has 2 aromatic carbocycles. The largest absolute Gasteiger partial charge is 0.360 e. The van der Waals surface area contributed by atoms with E-state index in [1.807, 2.05) is 60.9 Å². The predicted molar refractivity (Wildman–Crippen MR) is 118 cm³/mol. The molecule has 30 heavy (non-hydrogen) atoms. The summed E-state index contributed by atoms with van der Waals surface area (Å²) < 4.78 is 0. The van der Waals surface area contributed by atoms with Gasteiger partial charge in [-0.1, -0.05) is 36.4 Å². The molecule has 1 aliphatic rings. The van der Waals surface area contributed by atoms with Gasteiger partial charge in [0.1, 0.15) is 0 Å². The van der Waals surface area contributed by atoms with Crippen LogP contribution in [0.4, 0.5) is 0 Å². The van der Waals surface area contributed by atoms with Gasteiger partial charge in [0.2, 0.25) is 0 Å². The monoisotopic (exact) mass is 400 g/mol. The minimum absolute atomic E-state index is 0.135. The van der Waals surface area contributed by atoms with Crippen molar-refractivity contribution in [2.45, 2.75) is 0 Å². The number of nitrogens with zero attached hydrogens (tertiary/aromatic N) is 2. The van der Waals surface area contributed by atoms with Crippen LogP contribution in [0.5, 0.6) is 0 Å². The van der Waals surface area contributed by atoms with Crippen LogP contribution in [0, 0.1) is 0 Å². The quantitative estimate of drug-likeness (QED) is 0.487. The Morgan fingerprint density at radius 1 is 0.667 bits per heavy atom. The van der Waals surface area contributed by atoms with Gasteiger partial charge in [-0.25, -0.2) is 0 Å². The molecule has 2 aromatic heterocycles. The maximum Gasteiger partial charge on any atom is 0.178 e. The lowest BCUT2D eigenvalue weighted by Crippen LogP contribution is -2.49. The zero-order chi connectivity index (χ0) is 20.5. The van der Waals surface area contributed by atoms with Crippen LogP contribution in [0.25, 0.3) is 21.8 Å². The summed E-state index contributed by atoms with van der Waals surface area (Å²) in [7, 11) is 0. The van der Waals surface area contributed by atoms with Gasteiger partial charge in [-0.05, 0) is 12.1 Å². The Kier molecular flexibility index (Phi) is 4.94. The van der Waals surface area contributed by atoms with Crippen LogP contribution in [0.2, 0.25) is 0 Å². The number of para-hydroxylation sites is 2. The Morgan fingerprint density at radius 3 is 1.50 bits per heavy atom. The highest BCUT2D eigenvalue weighted by atomic mass is 16.1. The van der Waals surface area contributed by atoms with Gasteiger partial charge in [0.05, 0.1) is 13.1 Å². The molecule has 3 heterocycles. The van der Waals surface area contributed by atoms with Gasteiger partial charge >= 0.3 is 0 Å². The number of Topliss-reactive ketones (excluding diaryl/α,β-unsaturated/α-hetero) is 2. The second-order valence-electron chi connectivity index (χ2n) is 7.89. The summed E-state index contributed by atoms with van der Waals surface area (Å²) in [6.07, 6.45) is 3.62. The van der Waals surface area contributed by atoms with E-state index in [1.165, 1.54) is 0 Å². The minimum atomic E-state index is 0.135. The second-order valence-corrected chi connectivity index (χ2v) is 7.89. The van der Waals surface area contributed by atoms with Crippen LogP contribution in [-0.2, 0) is 0 Å². The van der Waals surface area contributed by atoms with Crippen LogP contribution in [0.15, 0.2) is 60.9 Å². The number of H-pyrrole nitrogens is 2. The molecule has 5 rings (SSSR count). The molecule has 152 valence electrons. The van der Waals surface area contributed by atoms with Gasteiger partial charge in [0.15, 0.2) is 11.6 Å². The Hall–Kier alpha value is -3.22. The van der Waals surface area contributed by atoms with Crippen molar-refractivity contribution in [3.63, 3.8) is 0 Å². The first-order chi connectivity index (χ1) is 14.7. The number of rotatable bonds is 6. The molecule has 1 fully saturated rings. The van der Waals surface area contributed by atoms with Gasteiger partial charge in [0.25, 0.3) is 0 Å². The number of nitrogens with one attached hydrogen (secondary N) is 2. The number of piperazine rings is 1. The van der Waals surface area contributed by atoms with E-state index in [0.717, 1.165) is 59.1 Å². The highest BCUT2D eigenvalue weighted by Crippen LogP contribution is 2.20. The van der Waals surface area contributed by atoms with Crippen molar-refractivity contribution in [3.05, 3.63) is 72.1 Å². The van der Waals surface area contributed by atoms with Crippen LogP contribution < -0.4 is 0 Å². The van der Waals surface area contributed by atoms with E-state index in [2.05, 4.69) is 19.8 Å². The van der Waals surface area contributed by atoms with Crippen LogP contribution in [-0.4, -0.2) is 70.6 Å². The van der Waals surface area contributed by atoms with Crippen molar-refractivity contribution in [3.8, 4) is 0 Å². The summed E-state index contributed by atoms with van der Waals surface area (Å²) in [5.41, 5.74) is 3.48. The standard InChI is InChI=1S/C24H24N4O2/c29-23(19-13-25-21-7-3-1-5-17(19)21)15-27-9-11-28(12-10-27)16-24(30)20-14-26-22-8-4-2-6-18(20)22/h1-8,13-14,25-26H,9-12,15-16H2. The summed E-state index contributed by atoms with van der Waals surface area (Å²) in [5, 5.41) is 1.95. The van der Waals surface area contributed by atoms with Gasteiger partial charge < -0.3 is 9.97 Å². The predicted octanol–water partition coefficient (Wildman–Crippen LogP) is 3.33. The van der Waals surface area contributed by atoms with Gasteiger partial charge in [-0.3, -0.25) is 19.4 Å². The summed E-state index contributed by atoms with van der Waals surface area (Å²) in [5.74, 6) is 0.270. The topological polar surface area (TPSA) is 72.2 Å². The number of hydrogen-bond donors (Lipinski definition) is 2. The number of carbonyl (C=O) groups excluding carboxylic acids is 2. The molecule has 0 atom stereocenters. The maximum absolute atomic E-state index is 12.8. The van der Waals surface area contributed by atoms with Crippen molar-refractivity contribution >= 4 is 33.4 Å². The zero-order valence-electron chi connectivity index (χ0n) is 16.7. The third kappa shape index (κ3) is 3.56. The highest BCUT2D eigenvalue weighted by molar-refractivity contribution is 6.09. The zero-order valence-corrected chi connectivity index (χ0v) is 16.7. The summed E-state index contributed by atoms with van der Waals surface area (Å²) in [6.45, 7) is 3.97. The molecule has 0 aliphatic carbocycles. The molecule has 1 saturated heterocycles. The van der Waals surface area contributed by atoms with Gasteiger partial charge in [0, 0.05) is 71.5 Å². The number of ketones is 2. The third-order valence-electron chi connectivity index (χ3n) is 5.98. The van der Waals surface area contributed by atoms with E-state index < -0.39 is 0 Å². The SMILES string of the molecule is O=C(CN1CCN(CC(=O)c2c[nH]c3ccccc23)CC1)c1c[nH]c2ccccc12. The van der Waals surface area contributed by atoms with Gasteiger partial charge in [-0.2, -0.15) is 0 Å². The lowest BCUT2D eigenvalue weighted by Gasteiger charge is -2.33. The number of fused-ring (bicyclic) bond motifs is 2. The Labute approximate surface area is 174 Å². The molecule has 4 aromatic rings. The molecule has 0 radical (unpaired) electrons. The third-order valence-corrected chi connectivity index (χ3v) is 5.98. The number of aromatic nitrogens is 2. The fourth-order valence-corrected chi connectivity index (χ4v) is 4.29. The molecule has 6 heteroatoms. The number of benzene rings is 2. The molecule has 0 amide bonds. The molecule has 0 spiro atoms. The normalized spacial score (nSPS) is 15.7. The van der Waals surface area contributed by atoms with E-state index in [1.54, 1.807) is 0 Å². The molecule has 0 bridgehead atoms. The lowest BCUT2D eigenvalue weighted by molar-refractivity contribution is 0.0784. The molecule has 0 unspecified atom stereocenters. The van der Waals surface area contributed by atoms with Crippen LogP contribution in [0.3, 0.4) is 0 Å². The average molecular weight is 400 g/mol. The number of carbonyl (C=O) groups is 2. The Morgan fingerprint density at radius 2 is 1.07 bits per heavy atom. The van der Waals surface area contributed by atoms with Gasteiger partial charge in [-0.15, -0.1) is 0 Å². The van der Waals surface area contributed by atoms with Crippen molar-refractivity contribution in [2.24, 2.45) is 0 Å². The second kappa shape index (κ2) is 7.89. The molecular weight excluding hydrogens is 376 g/mol. The number of aromatic amines is 2. The summed E-state index contributed by atoms with van der Waals surface area (Å²) in [6, 6.07) is 15.8. The van der Waals surface area contributed by atoms with Crippen molar-refractivity contribution in [2.75, 3.05) is 39.3 Å². The summed E-state index contributed by atoms with van der Waals surface area (Å²) in [4.78, 5) is 36.3. The smallest absolute Gasteiger partial charge is 0.178 e. The molecule has 6 nitrogen and oxygen atoms in total. The fraction of sp³-hybridized carbons (Fsp3) is 0.250. The van der Waals surface area contributed by atoms with Crippen molar-refractivity contribution in [1.82, 2.24) is 19.8 Å². The average Bonchev–Trinajstić information content (AvgIpc) is 3.39. The first-order valence-electron chi connectivity index (χ1n) is 10.3. The Balaban J connectivity index is 1.17. The lowest BCUT2D eigenvalue weighted by atomic mass is 10.1. The van der Waals surface area contributed by atoms with E-state index in [4.69, 9.17) is 0 Å². The van der Waals surface area contributed by atoms with E-state index in [0.29, 0.717) is 13.1 Å². The first-order valence-corrected chi connectivity index (χ1v) is 10.3. The molecule has 0 saturated carbocycles. The minimum Gasteiger partial charge on any atom is -0.360 e. The number of hydrogen-bond acceptors (Lipinski definition) is 4. The first kappa shape index (κ1) is 18.8. The maximum atomic E-state index is 12.8. The van der Waals surface area contributed by atoms with E-state index >= 15 is 0 Å². The highest BCUT2D eigenvalue weighted by Gasteiger charge is 2.23. The molecular formula is C24H24N4O2. The summed E-state index contributed by atoms with van der Waals surface area (Å²) >= 11 is 0. The van der Waals surface area contributed by atoms with Crippen LogP contribution >= 0.6 is 0 Å². The fourth-order valence-electron chi connectivity index (χ4n) is 4.29. The van der Waals surface area contributed by atoms with Crippen molar-refractivity contribution < 1.29 is 9.59 Å². The molecule has 1 aliphatic heterocycles.